The highest BCUT2D eigenvalue weighted by Crippen LogP contribution is 2.41. The van der Waals surface area contributed by atoms with E-state index in [9.17, 15) is 4.89 Å². The van der Waals surface area contributed by atoms with Crippen LogP contribution in [0.4, 0.5) is 0 Å². The van der Waals surface area contributed by atoms with E-state index in [0.717, 1.165) is 0 Å². The van der Waals surface area contributed by atoms with Crippen molar-refractivity contribution < 1.29 is 14.3 Å². The molecule has 0 amide bonds. The van der Waals surface area contributed by atoms with E-state index >= 15 is 0 Å². The maximum Gasteiger partial charge on any atom is 0.267 e. The van der Waals surface area contributed by atoms with E-state index in [0.29, 0.717) is 24.2 Å². The Hall–Kier alpha value is -0.900. The molecule has 0 fully saturated rings. The number of hydrogen-bond acceptors (Lipinski definition) is 4. The second-order valence-corrected chi connectivity index (χ2v) is 6.43. The zero-order chi connectivity index (χ0) is 12.7. The van der Waals surface area contributed by atoms with Crippen molar-refractivity contribution in [2.75, 3.05) is 6.61 Å². The second-order valence-electron chi connectivity index (χ2n) is 3.20. The fourth-order valence-corrected chi connectivity index (χ4v) is 2.82. The minimum absolute atomic E-state index is 0.321. The van der Waals surface area contributed by atoms with Crippen molar-refractivity contribution in [2.45, 2.75) is 20.3 Å². The van der Waals surface area contributed by atoms with E-state index in [4.69, 9.17) is 21.2 Å². The van der Waals surface area contributed by atoms with Crippen LogP contribution in [0.5, 0.6) is 0 Å². The highest BCUT2D eigenvalue weighted by atomic mass is 32.5. The Kier molecular flexibility index (Phi) is 5.62. The van der Waals surface area contributed by atoms with Crippen molar-refractivity contribution in [3.8, 4) is 0 Å². The average Bonchev–Trinajstić information content (AvgIpc) is 2.35. The largest absolute Gasteiger partial charge is 0.423 e. The van der Waals surface area contributed by atoms with Gasteiger partial charge in [0.15, 0.2) is 0 Å². The van der Waals surface area contributed by atoms with Gasteiger partial charge in [-0.25, -0.2) is 0 Å². The molecule has 0 aliphatic carbocycles. The molecule has 1 aromatic carbocycles. The Morgan fingerprint density at radius 1 is 1.35 bits per heavy atom. The molecule has 0 saturated carbocycles. The summed E-state index contributed by atoms with van der Waals surface area (Å²) in [7, 11) is 0. The summed E-state index contributed by atoms with van der Waals surface area (Å²) in [6.45, 7) is 1.10. The number of hydrogen-bond donors (Lipinski definition) is 1. The van der Waals surface area contributed by atoms with Crippen LogP contribution in [0, 0.1) is 0 Å². The fourth-order valence-electron chi connectivity index (χ4n) is 1.09. The third-order valence-electron chi connectivity index (χ3n) is 1.91. The average molecular weight is 273 g/mol. The molecule has 94 valence electrons. The van der Waals surface area contributed by atoms with Crippen LogP contribution >= 0.6 is 6.49 Å². The number of rotatable bonds is 5. The van der Waals surface area contributed by atoms with Gasteiger partial charge in [-0.15, -0.1) is 0 Å². The first-order valence-corrected chi connectivity index (χ1v) is 8.04. The molecule has 0 aliphatic rings. The molecule has 6 heteroatoms. The summed E-state index contributed by atoms with van der Waals surface area (Å²) >= 11 is 5.11. The fraction of sp³-hybridized carbons (Fsp3) is 0.364. The Morgan fingerprint density at radius 3 is 2.53 bits per heavy atom. The van der Waals surface area contributed by atoms with E-state index < -0.39 is 6.49 Å². The van der Waals surface area contributed by atoms with Crippen molar-refractivity contribution in [3.05, 3.63) is 30.3 Å². The second kappa shape index (κ2) is 6.74. The molecule has 1 N–H and O–H groups in total. The van der Waals surface area contributed by atoms with E-state index in [1.165, 1.54) is 0 Å². The molecule has 0 bridgehead atoms. The van der Waals surface area contributed by atoms with Crippen LogP contribution in [0.15, 0.2) is 35.5 Å². The Bertz CT molecular complexity index is 422. The molecule has 0 heterocycles. The molecule has 1 rings (SSSR count). The molecular weight excluding hydrogens is 257 g/mol. The third kappa shape index (κ3) is 4.46. The summed E-state index contributed by atoms with van der Waals surface area (Å²) in [5.74, 6) is 0.321. The zero-order valence-corrected chi connectivity index (χ0v) is 11.6. The molecule has 0 aliphatic heterocycles. The third-order valence-corrected chi connectivity index (χ3v) is 4.17. The van der Waals surface area contributed by atoms with Gasteiger partial charge in [-0.2, -0.15) is 0 Å². The number of nitrogens with zero attached hydrogens (tertiary/aromatic N) is 1. The summed E-state index contributed by atoms with van der Waals surface area (Å²) in [5.41, 5.74) is 0. The van der Waals surface area contributed by atoms with Crippen LogP contribution in [0.2, 0.25) is 0 Å². The quantitative estimate of drug-likeness (QED) is 0.387. The van der Waals surface area contributed by atoms with Crippen LogP contribution in [0.3, 0.4) is 0 Å². The van der Waals surface area contributed by atoms with Crippen LogP contribution in [0.1, 0.15) is 20.3 Å². The molecule has 0 saturated heterocycles. The van der Waals surface area contributed by atoms with Gasteiger partial charge in [0.1, 0.15) is 6.61 Å². The normalized spacial score (nSPS) is 15.1. The molecule has 4 nitrogen and oxygen atoms in total. The van der Waals surface area contributed by atoms with E-state index in [2.05, 4.69) is 5.16 Å². The smallest absolute Gasteiger partial charge is 0.267 e. The van der Waals surface area contributed by atoms with Crippen molar-refractivity contribution in [3.63, 3.8) is 0 Å². The van der Waals surface area contributed by atoms with Gasteiger partial charge < -0.3 is 14.3 Å². The molecule has 0 radical (unpaired) electrons. The lowest BCUT2D eigenvalue weighted by atomic mass is 10.4. The maximum atomic E-state index is 10.2. The Morgan fingerprint density at radius 2 is 2.00 bits per heavy atom. The Balaban J connectivity index is 2.82. The van der Waals surface area contributed by atoms with Crippen LogP contribution in [-0.2, 0) is 21.2 Å². The lowest BCUT2D eigenvalue weighted by Crippen LogP contribution is -2.11. The summed E-state index contributed by atoms with van der Waals surface area (Å²) in [6, 6.07) is 8.96. The van der Waals surface area contributed by atoms with Gasteiger partial charge in [0.25, 0.3) is 6.49 Å². The van der Waals surface area contributed by atoms with Crippen molar-refractivity contribution in [1.29, 1.82) is 0 Å². The standard InChI is InChI=1S/C11H16NO3PS/c1-3-11(12-14-4-2)15-16(13,17)10-8-6-5-7-9-10/h5-9H,3-4H2,1-2H3,(H,13,17). The minimum atomic E-state index is -3.04. The lowest BCUT2D eigenvalue weighted by Gasteiger charge is -2.17. The van der Waals surface area contributed by atoms with Gasteiger partial charge in [0.05, 0.1) is 0 Å². The molecular formula is C11H16NO3PS. The summed E-state index contributed by atoms with van der Waals surface area (Å²) in [5, 5.41) is 4.37. The Labute approximate surface area is 106 Å². The highest BCUT2D eigenvalue weighted by molar-refractivity contribution is 8.13. The molecule has 1 unspecified atom stereocenters. The number of oxime groups is 1. The van der Waals surface area contributed by atoms with Gasteiger partial charge in [0, 0.05) is 11.7 Å². The first-order valence-electron chi connectivity index (χ1n) is 5.37. The van der Waals surface area contributed by atoms with Gasteiger partial charge in [-0.05, 0) is 30.9 Å². The van der Waals surface area contributed by atoms with Crippen molar-refractivity contribution in [2.24, 2.45) is 5.16 Å². The molecule has 1 aromatic rings. The lowest BCUT2D eigenvalue weighted by molar-refractivity contribution is 0.152. The topological polar surface area (TPSA) is 51.0 Å². The predicted octanol–water partition coefficient (Wildman–Crippen LogP) is 2.39. The molecule has 1 atom stereocenters. The summed E-state index contributed by atoms with van der Waals surface area (Å²) in [4.78, 5) is 15.0. The maximum absolute atomic E-state index is 10.2. The predicted molar refractivity (Wildman–Crippen MR) is 73.0 cm³/mol. The zero-order valence-electron chi connectivity index (χ0n) is 9.87. The van der Waals surface area contributed by atoms with Crippen molar-refractivity contribution in [1.82, 2.24) is 0 Å². The van der Waals surface area contributed by atoms with Crippen LogP contribution < -0.4 is 5.30 Å². The molecule has 17 heavy (non-hydrogen) atoms. The van der Waals surface area contributed by atoms with E-state index in [1.807, 2.05) is 19.9 Å². The SMILES string of the molecule is CCON=C(CC)OP(O)(=S)c1ccccc1. The van der Waals surface area contributed by atoms with Gasteiger partial charge in [0.2, 0.25) is 5.90 Å². The number of benzene rings is 1. The van der Waals surface area contributed by atoms with E-state index in [1.54, 1.807) is 24.3 Å². The first kappa shape index (κ1) is 14.2. The van der Waals surface area contributed by atoms with Crippen LogP contribution in [0.25, 0.3) is 0 Å². The molecule has 0 spiro atoms. The minimum Gasteiger partial charge on any atom is -0.423 e. The summed E-state index contributed by atoms with van der Waals surface area (Å²) in [6.07, 6.45) is 0.520. The van der Waals surface area contributed by atoms with Crippen LogP contribution in [-0.4, -0.2) is 17.4 Å². The van der Waals surface area contributed by atoms with Gasteiger partial charge in [-0.3, -0.25) is 0 Å². The first-order chi connectivity index (χ1) is 8.10. The van der Waals surface area contributed by atoms with Gasteiger partial charge >= 0.3 is 0 Å². The van der Waals surface area contributed by atoms with E-state index in [-0.39, 0.29) is 0 Å². The molecule has 0 aromatic heterocycles. The van der Waals surface area contributed by atoms with Gasteiger partial charge in [-0.1, -0.05) is 30.3 Å². The summed E-state index contributed by atoms with van der Waals surface area (Å²) < 4.78 is 5.38. The van der Waals surface area contributed by atoms with Crippen molar-refractivity contribution >= 4 is 29.5 Å². The monoisotopic (exact) mass is 273 g/mol. The highest BCUT2D eigenvalue weighted by Gasteiger charge is 2.20.